The SMILES string of the molecule is OCC=Cc1ccc(F)c(Cl)c1. The molecule has 3 heteroatoms. The Balaban J connectivity index is 2.89. The molecule has 0 radical (unpaired) electrons. The van der Waals surface area contributed by atoms with Gasteiger partial charge in [-0.1, -0.05) is 29.8 Å². The van der Waals surface area contributed by atoms with Crippen LogP contribution >= 0.6 is 11.6 Å². The van der Waals surface area contributed by atoms with Crippen LogP contribution in [0.1, 0.15) is 5.56 Å². The van der Waals surface area contributed by atoms with Gasteiger partial charge in [-0.2, -0.15) is 0 Å². The first-order chi connectivity index (χ1) is 5.74. The maximum absolute atomic E-state index is 12.6. The zero-order chi connectivity index (χ0) is 8.97. The Morgan fingerprint density at radius 3 is 2.83 bits per heavy atom. The van der Waals surface area contributed by atoms with Crippen LogP contribution in [0.15, 0.2) is 24.3 Å². The summed E-state index contributed by atoms with van der Waals surface area (Å²) in [5, 5.41) is 8.55. The molecule has 12 heavy (non-hydrogen) atoms. The number of benzene rings is 1. The highest BCUT2D eigenvalue weighted by atomic mass is 35.5. The lowest BCUT2D eigenvalue weighted by molar-refractivity contribution is 0.343. The molecule has 1 aromatic rings. The summed E-state index contributed by atoms with van der Waals surface area (Å²) in [7, 11) is 0. The molecule has 0 aliphatic rings. The average molecular weight is 187 g/mol. The predicted octanol–water partition coefficient (Wildman–Crippen LogP) is 2.48. The van der Waals surface area contributed by atoms with Crippen molar-refractivity contribution in [1.82, 2.24) is 0 Å². The average Bonchev–Trinajstić information content (AvgIpc) is 2.07. The van der Waals surface area contributed by atoms with E-state index in [9.17, 15) is 4.39 Å². The van der Waals surface area contributed by atoms with E-state index in [0.29, 0.717) is 0 Å². The smallest absolute Gasteiger partial charge is 0.141 e. The van der Waals surface area contributed by atoms with Gasteiger partial charge in [0.25, 0.3) is 0 Å². The molecule has 1 N–H and O–H groups in total. The van der Waals surface area contributed by atoms with Crippen LogP contribution in [0.5, 0.6) is 0 Å². The van der Waals surface area contributed by atoms with Crippen LogP contribution in [0.25, 0.3) is 6.08 Å². The number of aliphatic hydroxyl groups excluding tert-OH is 1. The fraction of sp³-hybridized carbons (Fsp3) is 0.111. The number of rotatable bonds is 2. The van der Waals surface area contributed by atoms with Crippen molar-refractivity contribution in [2.75, 3.05) is 6.61 Å². The summed E-state index contributed by atoms with van der Waals surface area (Å²) < 4.78 is 12.6. The molecule has 1 aromatic carbocycles. The summed E-state index contributed by atoms with van der Waals surface area (Å²) >= 11 is 5.52. The molecule has 0 heterocycles. The first kappa shape index (κ1) is 9.23. The minimum absolute atomic E-state index is 0.0327. The topological polar surface area (TPSA) is 20.2 Å². The normalized spacial score (nSPS) is 10.9. The van der Waals surface area contributed by atoms with Crippen molar-refractivity contribution in [3.63, 3.8) is 0 Å². The molecule has 0 amide bonds. The zero-order valence-corrected chi connectivity index (χ0v) is 7.05. The van der Waals surface area contributed by atoms with Crippen molar-refractivity contribution in [2.45, 2.75) is 0 Å². The Labute approximate surface area is 75.1 Å². The summed E-state index contributed by atoms with van der Waals surface area (Å²) in [4.78, 5) is 0. The van der Waals surface area contributed by atoms with Crippen molar-refractivity contribution in [3.05, 3.63) is 40.7 Å². The van der Waals surface area contributed by atoms with Crippen LogP contribution < -0.4 is 0 Å². The molecule has 1 rings (SSSR count). The minimum Gasteiger partial charge on any atom is -0.392 e. The first-order valence-electron chi connectivity index (χ1n) is 3.46. The molecule has 64 valence electrons. The molecular weight excluding hydrogens is 179 g/mol. The summed E-state index contributed by atoms with van der Waals surface area (Å²) in [5.41, 5.74) is 0.774. The molecule has 0 fully saturated rings. The van der Waals surface area contributed by atoms with E-state index in [1.54, 1.807) is 18.2 Å². The van der Waals surface area contributed by atoms with Crippen LogP contribution in [-0.2, 0) is 0 Å². The van der Waals surface area contributed by atoms with Gasteiger partial charge in [0.15, 0.2) is 0 Å². The molecule has 0 saturated carbocycles. The quantitative estimate of drug-likeness (QED) is 0.753. The van der Waals surface area contributed by atoms with Crippen molar-refractivity contribution >= 4 is 17.7 Å². The highest BCUT2D eigenvalue weighted by Gasteiger charge is 1.97. The Hall–Kier alpha value is -0.860. The second-order valence-electron chi connectivity index (χ2n) is 2.26. The van der Waals surface area contributed by atoms with Gasteiger partial charge in [-0.15, -0.1) is 0 Å². The van der Waals surface area contributed by atoms with Gasteiger partial charge in [0, 0.05) is 0 Å². The molecular formula is C9H8ClFO. The van der Waals surface area contributed by atoms with Crippen molar-refractivity contribution in [3.8, 4) is 0 Å². The van der Waals surface area contributed by atoms with Gasteiger partial charge >= 0.3 is 0 Å². The number of aliphatic hydroxyl groups is 1. The minimum atomic E-state index is -0.433. The van der Waals surface area contributed by atoms with E-state index in [4.69, 9.17) is 16.7 Å². The third-order valence-corrected chi connectivity index (χ3v) is 1.65. The maximum atomic E-state index is 12.6. The highest BCUT2D eigenvalue weighted by molar-refractivity contribution is 6.30. The van der Waals surface area contributed by atoms with Crippen LogP contribution in [0.3, 0.4) is 0 Å². The predicted molar refractivity (Wildman–Crippen MR) is 47.5 cm³/mol. The molecule has 0 unspecified atom stereocenters. The van der Waals surface area contributed by atoms with Crippen molar-refractivity contribution in [1.29, 1.82) is 0 Å². The maximum Gasteiger partial charge on any atom is 0.141 e. The van der Waals surface area contributed by atoms with Crippen LogP contribution in [0.2, 0.25) is 5.02 Å². The first-order valence-corrected chi connectivity index (χ1v) is 3.84. The van der Waals surface area contributed by atoms with E-state index in [1.165, 1.54) is 12.1 Å². The van der Waals surface area contributed by atoms with E-state index < -0.39 is 5.82 Å². The molecule has 0 aliphatic carbocycles. The molecule has 0 aromatic heterocycles. The molecule has 1 nitrogen and oxygen atoms in total. The monoisotopic (exact) mass is 186 g/mol. The Morgan fingerprint density at radius 1 is 1.50 bits per heavy atom. The van der Waals surface area contributed by atoms with Crippen LogP contribution in [-0.4, -0.2) is 11.7 Å². The number of hydrogen-bond donors (Lipinski definition) is 1. The van der Waals surface area contributed by atoms with Gasteiger partial charge in [-0.3, -0.25) is 0 Å². The lowest BCUT2D eigenvalue weighted by Gasteiger charge is -1.95. The fourth-order valence-electron chi connectivity index (χ4n) is 0.805. The van der Waals surface area contributed by atoms with Gasteiger partial charge in [0.05, 0.1) is 11.6 Å². The Bertz CT molecular complexity index is 297. The summed E-state index contributed by atoms with van der Waals surface area (Å²) in [6.07, 6.45) is 3.23. The zero-order valence-electron chi connectivity index (χ0n) is 6.30. The molecule has 0 atom stereocenters. The third-order valence-electron chi connectivity index (χ3n) is 1.36. The highest BCUT2D eigenvalue weighted by Crippen LogP contribution is 2.16. The lowest BCUT2D eigenvalue weighted by atomic mass is 10.2. The molecule has 0 aliphatic heterocycles. The van der Waals surface area contributed by atoms with Gasteiger partial charge in [-0.05, 0) is 17.7 Å². The molecule has 0 spiro atoms. The Kier molecular flexibility index (Phi) is 3.26. The molecule has 0 saturated heterocycles. The van der Waals surface area contributed by atoms with E-state index in [-0.39, 0.29) is 11.6 Å². The number of halogens is 2. The van der Waals surface area contributed by atoms with E-state index >= 15 is 0 Å². The largest absolute Gasteiger partial charge is 0.392 e. The molecule has 0 bridgehead atoms. The van der Waals surface area contributed by atoms with Gasteiger partial charge < -0.3 is 5.11 Å². The van der Waals surface area contributed by atoms with E-state index in [0.717, 1.165) is 5.56 Å². The van der Waals surface area contributed by atoms with E-state index in [2.05, 4.69) is 0 Å². The summed E-state index contributed by atoms with van der Waals surface area (Å²) in [5.74, 6) is -0.433. The van der Waals surface area contributed by atoms with Gasteiger partial charge in [0.1, 0.15) is 5.82 Å². The van der Waals surface area contributed by atoms with Crippen molar-refractivity contribution in [2.24, 2.45) is 0 Å². The summed E-state index contributed by atoms with van der Waals surface area (Å²) in [6.45, 7) is -0.0327. The van der Waals surface area contributed by atoms with Crippen molar-refractivity contribution < 1.29 is 9.50 Å². The Morgan fingerprint density at radius 2 is 2.25 bits per heavy atom. The van der Waals surface area contributed by atoms with Gasteiger partial charge in [0.2, 0.25) is 0 Å². The second-order valence-corrected chi connectivity index (χ2v) is 2.67. The number of hydrogen-bond acceptors (Lipinski definition) is 1. The third kappa shape index (κ3) is 2.32. The van der Waals surface area contributed by atoms with Crippen LogP contribution in [0, 0.1) is 5.82 Å². The van der Waals surface area contributed by atoms with Gasteiger partial charge in [-0.25, -0.2) is 4.39 Å². The van der Waals surface area contributed by atoms with E-state index in [1.807, 2.05) is 0 Å². The van der Waals surface area contributed by atoms with Crippen LogP contribution in [0.4, 0.5) is 4.39 Å². The summed E-state index contributed by atoms with van der Waals surface area (Å²) in [6, 6.07) is 4.38. The second kappa shape index (κ2) is 4.24. The standard InChI is InChI=1S/C9H8ClFO/c10-8-6-7(2-1-5-12)3-4-9(8)11/h1-4,6,12H,5H2. The fourth-order valence-corrected chi connectivity index (χ4v) is 0.994. The lowest BCUT2D eigenvalue weighted by Crippen LogP contribution is -1.79.